The van der Waals surface area contributed by atoms with Gasteiger partial charge in [-0.1, -0.05) is 0 Å². The lowest BCUT2D eigenvalue weighted by Crippen LogP contribution is -2.19. The molecule has 0 unspecified atom stereocenters. The molecule has 1 aliphatic carbocycles. The minimum absolute atomic E-state index is 0.662. The van der Waals surface area contributed by atoms with E-state index in [0.29, 0.717) is 18.5 Å². The lowest BCUT2D eigenvalue weighted by atomic mass is 10.0. The lowest BCUT2D eigenvalue weighted by Gasteiger charge is -2.03. The van der Waals surface area contributed by atoms with Gasteiger partial charge in [0.2, 0.25) is 0 Å². The molecule has 0 bridgehead atoms. The third kappa shape index (κ3) is 0.841. The van der Waals surface area contributed by atoms with E-state index < -0.39 is 11.4 Å². The minimum atomic E-state index is -0.756. The molecule has 64 valence electrons. The summed E-state index contributed by atoms with van der Waals surface area (Å²) in [5, 5.41) is 15.6. The summed E-state index contributed by atoms with van der Waals surface area (Å²) in [6, 6.07) is 1.81. The molecule has 12 heavy (non-hydrogen) atoms. The highest BCUT2D eigenvalue weighted by molar-refractivity contribution is 5.84. The standard InChI is InChI=1S/C8H10N2O2/c1-5-4-6(10-9-5)8(2-3-8)7(11)12/h4H,2-3H2,1H3,(H,9,10)(H,11,12). The van der Waals surface area contributed by atoms with Crippen LogP contribution in [0.1, 0.15) is 24.2 Å². The summed E-state index contributed by atoms with van der Waals surface area (Å²) >= 11 is 0. The number of hydrogen-bond donors (Lipinski definition) is 2. The average molecular weight is 166 g/mol. The number of aromatic nitrogens is 2. The van der Waals surface area contributed by atoms with Gasteiger partial charge in [-0.15, -0.1) is 0 Å². The van der Waals surface area contributed by atoms with Crippen molar-refractivity contribution < 1.29 is 9.90 Å². The number of nitrogens with zero attached hydrogens (tertiary/aromatic N) is 1. The Morgan fingerprint density at radius 3 is 2.75 bits per heavy atom. The molecule has 0 spiro atoms. The molecule has 4 nitrogen and oxygen atoms in total. The Labute approximate surface area is 69.6 Å². The second kappa shape index (κ2) is 2.09. The van der Waals surface area contributed by atoms with Gasteiger partial charge >= 0.3 is 5.97 Å². The first-order valence-electron chi connectivity index (χ1n) is 3.91. The van der Waals surface area contributed by atoms with Crippen LogP contribution in [0.4, 0.5) is 0 Å². The molecule has 2 rings (SSSR count). The Hall–Kier alpha value is -1.32. The number of hydrogen-bond acceptors (Lipinski definition) is 2. The van der Waals surface area contributed by atoms with Crippen molar-refractivity contribution in [2.24, 2.45) is 0 Å². The number of carboxylic acid groups (broad SMARTS) is 1. The maximum absolute atomic E-state index is 10.8. The molecule has 1 saturated carbocycles. The number of aromatic amines is 1. The Kier molecular flexibility index (Phi) is 1.28. The molecule has 0 aliphatic heterocycles. The number of carboxylic acids is 1. The van der Waals surface area contributed by atoms with Crippen molar-refractivity contribution in [3.63, 3.8) is 0 Å². The van der Waals surface area contributed by atoms with Gasteiger partial charge in [-0.2, -0.15) is 5.10 Å². The maximum Gasteiger partial charge on any atom is 0.315 e. The van der Waals surface area contributed by atoms with Crippen LogP contribution in [0.3, 0.4) is 0 Å². The first-order chi connectivity index (χ1) is 5.65. The lowest BCUT2D eigenvalue weighted by molar-refractivity contribution is -0.140. The van der Waals surface area contributed by atoms with Gasteiger partial charge in [0.1, 0.15) is 5.41 Å². The minimum Gasteiger partial charge on any atom is -0.481 e. The topological polar surface area (TPSA) is 66.0 Å². The zero-order valence-electron chi connectivity index (χ0n) is 6.79. The monoisotopic (exact) mass is 166 g/mol. The smallest absolute Gasteiger partial charge is 0.315 e. The number of nitrogens with one attached hydrogen (secondary N) is 1. The molecule has 0 atom stereocenters. The summed E-state index contributed by atoms with van der Waals surface area (Å²) in [7, 11) is 0. The zero-order chi connectivity index (χ0) is 8.77. The predicted molar refractivity (Wildman–Crippen MR) is 41.9 cm³/mol. The highest BCUT2D eigenvalue weighted by atomic mass is 16.4. The van der Waals surface area contributed by atoms with Gasteiger partial charge < -0.3 is 5.11 Å². The van der Waals surface area contributed by atoms with E-state index in [-0.39, 0.29) is 0 Å². The van der Waals surface area contributed by atoms with E-state index in [1.165, 1.54) is 0 Å². The van der Waals surface area contributed by atoms with Crippen molar-refractivity contribution >= 4 is 5.97 Å². The predicted octanol–water partition coefficient (Wildman–Crippen LogP) is 0.834. The summed E-state index contributed by atoms with van der Waals surface area (Å²) < 4.78 is 0. The molecule has 1 aromatic heterocycles. The van der Waals surface area contributed by atoms with Gasteiger partial charge in [-0.25, -0.2) is 0 Å². The van der Waals surface area contributed by atoms with Gasteiger partial charge in [0.05, 0.1) is 5.69 Å². The summed E-state index contributed by atoms with van der Waals surface area (Å²) in [5.41, 5.74) is 0.926. The van der Waals surface area contributed by atoms with E-state index in [4.69, 9.17) is 5.11 Å². The molecule has 0 saturated heterocycles. The Bertz CT molecular complexity index is 326. The second-order valence-corrected chi connectivity index (χ2v) is 3.32. The largest absolute Gasteiger partial charge is 0.481 e. The van der Waals surface area contributed by atoms with Crippen LogP contribution in [0.15, 0.2) is 6.07 Å². The molecule has 2 N–H and O–H groups in total. The second-order valence-electron chi connectivity index (χ2n) is 3.32. The van der Waals surface area contributed by atoms with Crippen LogP contribution in [0.5, 0.6) is 0 Å². The van der Waals surface area contributed by atoms with E-state index in [9.17, 15) is 4.79 Å². The quantitative estimate of drug-likeness (QED) is 0.684. The Morgan fingerprint density at radius 2 is 2.42 bits per heavy atom. The van der Waals surface area contributed by atoms with Crippen molar-refractivity contribution in [1.29, 1.82) is 0 Å². The van der Waals surface area contributed by atoms with Crippen LogP contribution in [0, 0.1) is 6.92 Å². The molecule has 1 aromatic rings. The van der Waals surface area contributed by atoms with Crippen molar-refractivity contribution in [3.05, 3.63) is 17.5 Å². The number of rotatable bonds is 2. The normalized spacial score (nSPS) is 19.1. The van der Waals surface area contributed by atoms with E-state index in [1.807, 2.05) is 6.92 Å². The third-order valence-corrected chi connectivity index (χ3v) is 2.36. The molecule has 1 heterocycles. The van der Waals surface area contributed by atoms with E-state index in [2.05, 4.69) is 10.2 Å². The number of carbonyl (C=O) groups is 1. The Morgan fingerprint density at radius 1 is 1.75 bits per heavy atom. The van der Waals surface area contributed by atoms with Crippen molar-refractivity contribution in [3.8, 4) is 0 Å². The van der Waals surface area contributed by atoms with Gasteiger partial charge in [0.15, 0.2) is 0 Å². The summed E-state index contributed by atoms with van der Waals surface area (Å²) in [5.74, 6) is -0.756. The highest BCUT2D eigenvalue weighted by Crippen LogP contribution is 2.47. The molecule has 0 aromatic carbocycles. The number of aryl methyl sites for hydroxylation is 1. The fourth-order valence-corrected chi connectivity index (χ4v) is 1.37. The molecule has 1 aliphatic rings. The molecular weight excluding hydrogens is 156 g/mol. The van der Waals surface area contributed by atoms with Crippen LogP contribution in [0.2, 0.25) is 0 Å². The van der Waals surface area contributed by atoms with Gasteiger partial charge in [0.25, 0.3) is 0 Å². The highest BCUT2D eigenvalue weighted by Gasteiger charge is 2.53. The summed E-state index contributed by atoms with van der Waals surface area (Å²) in [4.78, 5) is 10.8. The average Bonchev–Trinajstić information content (AvgIpc) is 2.71. The number of aliphatic carboxylic acids is 1. The molecular formula is C8H10N2O2. The molecule has 1 fully saturated rings. The van der Waals surface area contributed by atoms with Crippen LogP contribution in [-0.2, 0) is 10.2 Å². The van der Waals surface area contributed by atoms with Gasteiger partial charge in [-0.3, -0.25) is 9.89 Å². The first-order valence-corrected chi connectivity index (χ1v) is 3.91. The number of H-pyrrole nitrogens is 1. The fraction of sp³-hybridized carbons (Fsp3) is 0.500. The van der Waals surface area contributed by atoms with Crippen LogP contribution < -0.4 is 0 Å². The Balaban J connectivity index is 2.36. The van der Waals surface area contributed by atoms with E-state index in [0.717, 1.165) is 5.69 Å². The first kappa shape index (κ1) is 7.34. The van der Waals surface area contributed by atoms with E-state index >= 15 is 0 Å². The SMILES string of the molecule is Cc1cc(C2(C(=O)O)CC2)n[nH]1. The van der Waals surface area contributed by atoms with E-state index in [1.54, 1.807) is 6.07 Å². The molecule has 0 amide bonds. The van der Waals surface area contributed by atoms with Crippen LogP contribution in [-0.4, -0.2) is 21.3 Å². The van der Waals surface area contributed by atoms with Crippen LogP contribution in [0.25, 0.3) is 0 Å². The van der Waals surface area contributed by atoms with Crippen molar-refractivity contribution in [2.45, 2.75) is 25.2 Å². The molecule has 0 radical (unpaired) electrons. The maximum atomic E-state index is 10.8. The van der Waals surface area contributed by atoms with Crippen LogP contribution >= 0.6 is 0 Å². The van der Waals surface area contributed by atoms with Gasteiger partial charge in [-0.05, 0) is 25.8 Å². The fourth-order valence-electron chi connectivity index (χ4n) is 1.37. The third-order valence-electron chi connectivity index (χ3n) is 2.36. The van der Waals surface area contributed by atoms with Crippen molar-refractivity contribution in [2.75, 3.05) is 0 Å². The van der Waals surface area contributed by atoms with Gasteiger partial charge in [0, 0.05) is 5.69 Å². The molecule has 4 heteroatoms. The summed E-state index contributed by atoms with van der Waals surface area (Å²) in [6.45, 7) is 1.87. The summed E-state index contributed by atoms with van der Waals surface area (Å²) in [6.07, 6.45) is 1.43. The zero-order valence-corrected chi connectivity index (χ0v) is 6.79. The van der Waals surface area contributed by atoms with Crippen molar-refractivity contribution in [1.82, 2.24) is 10.2 Å².